The molecule has 14 heavy (non-hydrogen) atoms. The summed E-state index contributed by atoms with van der Waals surface area (Å²) < 4.78 is 7.20. The number of fused-ring (bicyclic) bond motifs is 1. The fourth-order valence-electron chi connectivity index (χ4n) is 1.22. The number of hydrogen-bond donors (Lipinski definition) is 0. The maximum Gasteiger partial charge on any atom is 0.184 e. The van der Waals surface area contributed by atoms with Gasteiger partial charge in [-0.1, -0.05) is 24.6 Å². The Bertz CT molecular complexity index is 441. The second kappa shape index (κ2) is 4.15. The molecule has 0 aliphatic heterocycles. The quantitative estimate of drug-likeness (QED) is 0.797. The van der Waals surface area contributed by atoms with Crippen LogP contribution in [0.4, 0.5) is 0 Å². The lowest BCUT2D eigenvalue weighted by Crippen LogP contribution is -1.95. The average molecular weight is 228 g/mol. The Morgan fingerprint density at radius 2 is 2.36 bits per heavy atom. The second-order valence-corrected chi connectivity index (χ2v) is 4.53. The topological polar surface area (TPSA) is 22.1 Å². The molecule has 0 unspecified atom stereocenters. The van der Waals surface area contributed by atoms with Crippen LogP contribution in [0.15, 0.2) is 18.2 Å². The third kappa shape index (κ3) is 1.83. The van der Waals surface area contributed by atoms with Gasteiger partial charge in [0.1, 0.15) is 11.3 Å². The van der Waals surface area contributed by atoms with E-state index in [4.69, 9.17) is 16.3 Å². The zero-order chi connectivity index (χ0) is 9.97. The van der Waals surface area contributed by atoms with Gasteiger partial charge in [0.05, 0.1) is 11.3 Å². The van der Waals surface area contributed by atoms with Crippen molar-refractivity contribution < 1.29 is 4.74 Å². The zero-order valence-electron chi connectivity index (χ0n) is 7.79. The number of hydrogen-bond acceptors (Lipinski definition) is 3. The van der Waals surface area contributed by atoms with E-state index < -0.39 is 0 Å². The molecule has 0 fully saturated rings. The molecule has 1 aromatic carbocycles. The van der Waals surface area contributed by atoms with Crippen molar-refractivity contribution >= 4 is 33.2 Å². The van der Waals surface area contributed by atoms with Gasteiger partial charge in [-0.15, -0.1) is 11.3 Å². The molecule has 1 heterocycles. The molecule has 0 saturated carbocycles. The maximum absolute atomic E-state index is 5.84. The van der Waals surface area contributed by atoms with Crippen LogP contribution >= 0.6 is 22.9 Å². The molecule has 0 aliphatic rings. The standard InChI is InChI=1S/C10H10ClNOS/c1-2-6-13-7-4-3-5-8-9(7)12-10(11)14-8/h3-5H,2,6H2,1H3. The van der Waals surface area contributed by atoms with Gasteiger partial charge < -0.3 is 4.74 Å². The van der Waals surface area contributed by atoms with E-state index in [-0.39, 0.29) is 0 Å². The van der Waals surface area contributed by atoms with Crippen LogP contribution in [0, 0.1) is 0 Å². The molecule has 2 rings (SSSR count). The van der Waals surface area contributed by atoms with Gasteiger partial charge in [-0.3, -0.25) is 0 Å². The second-order valence-electron chi connectivity index (χ2n) is 2.92. The highest BCUT2D eigenvalue weighted by Gasteiger charge is 2.06. The first-order chi connectivity index (χ1) is 6.81. The van der Waals surface area contributed by atoms with Gasteiger partial charge in [0.25, 0.3) is 0 Å². The van der Waals surface area contributed by atoms with E-state index in [1.807, 2.05) is 18.2 Å². The highest BCUT2D eigenvalue weighted by molar-refractivity contribution is 7.22. The highest BCUT2D eigenvalue weighted by atomic mass is 35.5. The number of thiazole rings is 1. The van der Waals surface area contributed by atoms with Gasteiger partial charge >= 0.3 is 0 Å². The minimum atomic E-state index is 0.563. The summed E-state index contributed by atoms with van der Waals surface area (Å²) in [6, 6.07) is 5.88. The number of benzene rings is 1. The van der Waals surface area contributed by atoms with E-state index in [1.54, 1.807) is 0 Å². The zero-order valence-corrected chi connectivity index (χ0v) is 9.36. The van der Waals surface area contributed by atoms with Crippen LogP contribution in [0.25, 0.3) is 10.2 Å². The summed E-state index contributed by atoms with van der Waals surface area (Å²) in [5.41, 5.74) is 0.871. The Morgan fingerprint density at radius 1 is 1.50 bits per heavy atom. The van der Waals surface area contributed by atoms with Crippen molar-refractivity contribution in [1.29, 1.82) is 0 Å². The van der Waals surface area contributed by atoms with E-state index in [2.05, 4.69) is 11.9 Å². The maximum atomic E-state index is 5.84. The number of ether oxygens (including phenoxy) is 1. The van der Waals surface area contributed by atoms with E-state index >= 15 is 0 Å². The Labute approximate surface area is 91.5 Å². The molecular formula is C10H10ClNOS. The van der Waals surface area contributed by atoms with Crippen LogP contribution in [0.3, 0.4) is 0 Å². The van der Waals surface area contributed by atoms with Crippen molar-refractivity contribution in [2.75, 3.05) is 6.61 Å². The summed E-state index contributed by atoms with van der Waals surface area (Å²) in [5, 5.41) is 0. The molecule has 0 amide bonds. The first-order valence-electron chi connectivity index (χ1n) is 4.49. The van der Waals surface area contributed by atoms with E-state index in [0.29, 0.717) is 11.1 Å². The van der Waals surface area contributed by atoms with Gasteiger partial charge in [0.2, 0.25) is 0 Å². The van der Waals surface area contributed by atoms with Crippen molar-refractivity contribution in [3.05, 3.63) is 22.7 Å². The summed E-state index contributed by atoms with van der Waals surface area (Å²) in [6.45, 7) is 2.79. The van der Waals surface area contributed by atoms with Crippen molar-refractivity contribution in [3.63, 3.8) is 0 Å². The number of nitrogens with zero attached hydrogens (tertiary/aromatic N) is 1. The third-order valence-electron chi connectivity index (χ3n) is 1.82. The van der Waals surface area contributed by atoms with Crippen LogP contribution < -0.4 is 4.74 Å². The molecule has 0 bridgehead atoms. The molecule has 74 valence electrons. The SMILES string of the molecule is CCCOc1cccc2sc(Cl)nc12. The molecule has 0 atom stereocenters. The van der Waals surface area contributed by atoms with Crippen molar-refractivity contribution in [2.45, 2.75) is 13.3 Å². The summed E-state index contributed by atoms with van der Waals surface area (Å²) in [6.07, 6.45) is 0.994. The predicted octanol–water partition coefficient (Wildman–Crippen LogP) is 3.74. The minimum absolute atomic E-state index is 0.563. The Morgan fingerprint density at radius 3 is 3.14 bits per heavy atom. The average Bonchev–Trinajstić information content (AvgIpc) is 2.55. The third-order valence-corrected chi connectivity index (χ3v) is 2.94. The molecule has 4 heteroatoms. The van der Waals surface area contributed by atoms with Crippen LogP contribution in [-0.2, 0) is 0 Å². The number of rotatable bonds is 3. The van der Waals surface area contributed by atoms with Crippen molar-refractivity contribution in [3.8, 4) is 5.75 Å². The molecular weight excluding hydrogens is 218 g/mol. The van der Waals surface area contributed by atoms with Crippen LogP contribution in [-0.4, -0.2) is 11.6 Å². The fraction of sp³-hybridized carbons (Fsp3) is 0.300. The first kappa shape index (κ1) is 9.74. The molecule has 1 aromatic heterocycles. The molecule has 0 N–H and O–H groups in total. The molecule has 2 nitrogen and oxygen atoms in total. The Kier molecular flexibility index (Phi) is 2.89. The number of para-hydroxylation sites is 1. The molecule has 2 aromatic rings. The van der Waals surface area contributed by atoms with Crippen LogP contribution in [0.1, 0.15) is 13.3 Å². The van der Waals surface area contributed by atoms with E-state index in [9.17, 15) is 0 Å². The van der Waals surface area contributed by atoms with Gasteiger partial charge in [-0.25, -0.2) is 4.98 Å². The number of aromatic nitrogens is 1. The van der Waals surface area contributed by atoms with Crippen molar-refractivity contribution in [1.82, 2.24) is 4.98 Å². The highest BCUT2D eigenvalue weighted by Crippen LogP contribution is 2.31. The van der Waals surface area contributed by atoms with Crippen molar-refractivity contribution in [2.24, 2.45) is 0 Å². The lowest BCUT2D eigenvalue weighted by molar-refractivity contribution is 0.320. The van der Waals surface area contributed by atoms with Gasteiger partial charge in [0, 0.05) is 0 Å². The molecule has 0 aliphatic carbocycles. The normalized spacial score (nSPS) is 10.7. The Hall–Kier alpha value is -0.800. The summed E-state index contributed by atoms with van der Waals surface area (Å²) >= 11 is 7.32. The smallest absolute Gasteiger partial charge is 0.184 e. The molecule has 0 spiro atoms. The van der Waals surface area contributed by atoms with Gasteiger partial charge in [-0.2, -0.15) is 0 Å². The van der Waals surface area contributed by atoms with E-state index in [1.165, 1.54) is 11.3 Å². The lowest BCUT2D eigenvalue weighted by atomic mass is 10.3. The lowest BCUT2D eigenvalue weighted by Gasteiger charge is -2.03. The predicted molar refractivity (Wildman–Crippen MR) is 60.4 cm³/mol. The summed E-state index contributed by atoms with van der Waals surface area (Å²) in [4.78, 5) is 4.22. The molecule has 0 radical (unpaired) electrons. The number of halogens is 1. The van der Waals surface area contributed by atoms with Gasteiger partial charge in [-0.05, 0) is 18.6 Å². The largest absolute Gasteiger partial charge is 0.491 e. The van der Waals surface area contributed by atoms with E-state index in [0.717, 1.165) is 22.4 Å². The summed E-state index contributed by atoms with van der Waals surface area (Å²) in [7, 11) is 0. The monoisotopic (exact) mass is 227 g/mol. The molecule has 0 saturated heterocycles. The fourth-order valence-corrected chi connectivity index (χ4v) is 2.27. The summed E-state index contributed by atoms with van der Waals surface area (Å²) in [5.74, 6) is 0.826. The first-order valence-corrected chi connectivity index (χ1v) is 5.68. The van der Waals surface area contributed by atoms with Gasteiger partial charge in [0.15, 0.2) is 4.47 Å². The van der Waals surface area contributed by atoms with Crippen LogP contribution in [0.2, 0.25) is 4.47 Å². The Balaban J connectivity index is 2.42. The minimum Gasteiger partial charge on any atom is -0.491 e. The van der Waals surface area contributed by atoms with Crippen LogP contribution in [0.5, 0.6) is 5.75 Å².